The molecule has 0 unspecified atom stereocenters. The summed E-state index contributed by atoms with van der Waals surface area (Å²) in [6.07, 6.45) is 3.24. The Hall–Kier alpha value is -3.99. The van der Waals surface area contributed by atoms with Gasteiger partial charge in [0.1, 0.15) is 5.82 Å². The Bertz CT molecular complexity index is 1230. The molecule has 0 saturated heterocycles. The number of hydrogen-bond acceptors (Lipinski definition) is 3. The van der Waals surface area contributed by atoms with Crippen LogP contribution >= 0.6 is 0 Å². The molecule has 0 aliphatic heterocycles. The predicted octanol–water partition coefficient (Wildman–Crippen LogP) is 4.24. The molecule has 1 heterocycles. The number of para-hydroxylation sites is 1. The topological polar surface area (TPSA) is 74.8 Å². The predicted molar refractivity (Wildman–Crippen MR) is 112 cm³/mol. The smallest absolute Gasteiger partial charge is 0.259 e. The second kappa shape index (κ2) is 7.72. The number of carbonyl (C=O) groups excluding carboxylic acids is 1. The minimum atomic E-state index is -0.235. The summed E-state index contributed by atoms with van der Waals surface area (Å²) < 4.78 is 0. The van der Waals surface area contributed by atoms with Gasteiger partial charge in [-0.05, 0) is 35.9 Å². The lowest BCUT2D eigenvalue weighted by Crippen LogP contribution is -2.10. The molecule has 2 N–H and O–H groups in total. The minimum Gasteiger partial charge on any atom is -0.322 e. The van der Waals surface area contributed by atoms with E-state index in [0.717, 1.165) is 5.56 Å². The van der Waals surface area contributed by atoms with Crippen molar-refractivity contribution in [3.05, 3.63) is 101 Å². The summed E-state index contributed by atoms with van der Waals surface area (Å²) in [6.45, 7) is 0. The highest BCUT2D eigenvalue weighted by Gasteiger charge is 2.07. The van der Waals surface area contributed by atoms with Crippen molar-refractivity contribution < 1.29 is 4.79 Å². The van der Waals surface area contributed by atoms with Gasteiger partial charge in [0.2, 0.25) is 5.91 Å². The lowest BCUT2D eigenvalue weighted by Gasteiger charge is -2.06. The van der Waals surface area contributed by atoms with Crippen molar-refractivity contribution >= 4 is 28.6 Å². The molecule has 3 aromatic carbocycles. The van der Waals surface area contributed by atoms with Crippen LogP contribution in [-0.2, 0) is 4.79 Å². The number of benzene rings is 3. The fourth-order valence-electron chi connectivity index (χ4n) is 2.89. The maximum absolute atomic E-state index is 12.3. The molecule has 0 aliphatic carbocycles. The van der Waals surface area contributed by atoms with Crippen LogP contribution in [0.3, 0.4) is 0 Å². The van der Waals surface area contributed by atoms with E-state index in [2.05, 4.69) is 15.3 Å². The maximum atomic E-state index is 12.3. The van der Waals surface area contributed by atoms with E-state index in [4.69, 9.17) is 0 Å². The van der Waals surface area contributed by atoms with Crippen LogP contribution in [0.5, 0.6) is 0 Å². The average molecular weight is 367 g/mol. The van der Waals surface area contributed by atoms with Crippen molar-refractivity contribution in [3.8, 4) is 11.4 Å². The monoisotopic (exact) mass is 367 g/mol. The van der Waals surface area contributed by atoms with Crippen LogP contribution in [0.2, 0.25) is 0 Å². The van der Waals surface area contributed by atoms with E-state index in [1.54, 1.807) is 42.5 Å². The van der Waals surface area contributed by atoms with E-state index in [1.807, 2.05) is 42.5 Å². The Labute approximate surface area is 161 Å². The van der Waals surface area contributed by atoms with Crippen molar-refractivity contribution in [2.24, 2.45) is 0 Å². The van der Waals surface area contributed by atoms with E-state index >= 15 is 0 Å². The third-order valence-corrected chi connectivity index (χ3v) is 4.24. The number of anilines is 1. The summed E-state index contributed by atoms with van der Waals surface area (Å²) in [6, 6.07) is 24.0. The van der Waals surface area contributed by atoms with Gasteiger partial charge >= 0.3 is 0 Å². The van der Waals surface area contributed by atoms with Gasteiger partial charge in [0, 0.05) is 17.3 Å². The van der Waals surface area contributed by atoms with Crippen LogP contribution in [0.15, 0.2) is 89.7 Å². The van der Waals surface area contributed by atoms with Gasteiger partial charge in [-0.3, -0.25) is 9.59 Å². The van der Waals surface area contributed by atoms with Crippen LogP contribution in [0.4, 0.5) is 5.69 Å². The molecule has 0 atom stereocenters. The van der Waals surface area contributed by atoms with Gasteiger partial charge in [-0.15, -0.1) is 0 Å². The summed E-state index contributed by atoms with van der Waals surface area (Å²) >= 11 is 0. The highest BCUT2D eigenvalue weighted by molar-refractivity contribution is 6.02. The summed E-state index contributed by atoms with van der Waals surface area (Å²) in [5, 5.41) is 3.37. The summed E-state index contributed by atoms with van der Waals surface area (Å²) in [7, 11) is 0. The number of nitrogens with one attached hydrogen (secondary N) is 2. The zero-order valence-corrected chi connectivity index (χ0v) is 14.9. The number of nitrogens with zero attached hydrogens (tertiary/aromatic N) is 1. The SMILES string of the molecule is O=C(/C=C/c1ccccc1)Nc1cccc(-c2nc3ccccc3c(=O)[nH]2)c1. The normalized spacial score (nSPS) is 11.0. The van der Waals surface area contributed by atoms with E-state index in [1.165, 1.54) is 6.08 Å². The molecular formula is C23H17N3O2. The summed E-state index contributed by atoms with van der Waals surface area (Å²) in [5.74, 6) is 0.223. The largest absolute Gasteiger partial charge is 0.322 e. The first kappa shape index (κ1) is 17.4. The highest BCUT2D eigenvalue weighted by atomic mass is 16.1. The molecule has 5 heteroatoms. The Kier molecular flexibility index (Phi) is 4.80. The number of amides is 1. The van der Waals surface area contributed by atoms with Crippen LogP contribution < -0.4 is 10.9 Å². The van der Waals surface area contributed by atoms with Crippen LogP contribution in [0.1, 0.15) is 5.56 Å². The van der Waals surface area contributed by atoms with Gasteiger partial charge in [-0.25, -0.2) is 4.98 Å². The van der Waals surface area contributed by atoms with E-state index in [-0.39, 0.29) is 11.5 Å². The fourth-order valence-corrected chi connectivity index (χ4v) is 2.89. The van der Waals surface area contributed by atoms with Gasteiger partial charge in [0.15, 0.2) is 0 Å². The van der Waals surface area contributed by atoms with Crippen LogP contribution in [0.25, 0.3) is 28.4 Å². The molecule has 5 nitrogen and oxygen atoms in total. The number of carbonyl (C=O) groups is 1. The molecule has 1 aromatic heterocycles. The maximum Gasteiger partial charge on any atom is 0.259 e. The lowest BCUT2D eigenvalue weighted by atomic mass is 10.1. The van der Waals surface area contributed by atoms with Crippen molar-refractivity contribution in [2.45, 2.75) is 0 Å². The number of hydrogen-bond donors (Lipinski definition) is 2. The number of H-pyrrole nitrogens is 1. The average Bonchev–Trinajstić information content (AvgIpc) is 2.73. The van der Waals surface area contributed by atoms with Crippen molar-refractivity contribution in [1.29, 1.82) is 0 Å². The molecule has 0 aliphatic rings. The number of aromatic amines is 1. The van der Waals surface area contributed by atoms with E-state index < -0.39 is 0 Å². The van der Waals surface area contributed by atoms with Gasteiger partial charge in [0.05, 0.1) is 10.9 Å². The van der Waals surface area contributed by atoms with Crippen LogP contribution in [0, 0.1) is 0 Å². The van der Waals surface area contributed by atoms with Gasteiger partial charge < -0.3 is 10.3 Å². The third-order valence-electron chi connectivity index (χ3n) is 4.24. The first-order valence-corrected chi connectivity index (χ1v) is 8.83. The van der Waals surface area contributed by atoms with Crippen molar-refractivity contribution in [2.75, 3.05) is 5.32 Å². The lowest BCUT2D eigenvalue weighted by molar-refractivity contribution is -0.111. The standard InChI is InChI=1S/C23H17N3O2/c27-21(14-13-16-7-2-1-3-8-16)24-18-10-6-9-17(15-18)22-25-20-12-5-4-11-19(20)23(28)26-22/h1-15H,(H,24,27)(H,25,26,28)/b14-13+. The van der Waals surface area contributed by atoms with Gasteiger partial charge in [0.25, 0.3) is 5.56 Å². The van der Waals surface area contributed by atoms with Gasteiger partial charge in [-0.2, -0.15) is 0 Å². The quantitative estimate of drug-likeness (QED) is 0.530. The molecule has 0 radical (unpaired) electrons. The Morgan fingerprint density at radius 3 is 2.57 bits per heavy atom. The molecule has 4 aromatic rings. The molecule has 0 bridgehead atoms. The highest BCUT2D eigenvalue weighted by Crippen LogP contribution is 2.20. The third kappa shape index (κ3) is 3.88. The fraction of sp³-hybridized carbons (Fsp3) is 0. The second-order valence-electron chi connectivity index (χ2n) is 6.25. The van der Waals surface area contributed by atoms with Crippen molar-refractivity contribution in [1.82, 2.24) is 9.97 Å². The van der Waals surface area contributed by atoms with E-state index in [9.17, 15) is 9.59 Å². The number of aromatic nitrogens is 2. The molecule has 1 amide bonds. The summed E-state index contributed by atoms with van der Waals surface area (Å²) in [5.41, 5.74) is 2.72. The zero-order chi connectivity index (χ0) is 19.3. The first-order valence-electron chi connectivity index (χ1n) is 8.83. The van der Waals surface area contributed by atoms with Crippen molar-refractivity contribution in [3.63, 3.8) is 0 Å². The Morgan fingerprint density at radius 1 is 0.929 bits per heavy atom. The molecule has 0 saturated carbocycles. The zero-order valence-electron chi connectivity index (χ0n) is 14.9. The molecule has 0 fully saturated rings. The van der Waals surface area contributed by atoms with E-state index in [0.29, 0.717) is 28.0 Å². The molecule has 28 heavy (non-hydrogen) atoms. The molecule has 0 spiro atoms. The first-order chi connectivity index (χ1) is 13.7. The summed E-state index contributed by atoms with van der Waals surface area (Å²) in [4.78, 5) is 31.8. The number of rotatable bonds is 4. The second-order valence-corrected chi connectivity index (χ2v) is 6.25. The Balaban J connectivity index is 1.57. The molecule has 136 valence electrons. The van der Waals surface area contributed by atoms with Crippen LogP contribution in [-0.4, -0.2) is 15.9 Å². The minimum absolute atomic E-state index is 0.194. The van der Waals surface area contributed by atoms with Gasteiger partial charge in [-0.1, -0.05) is 54.6 Å². The molecular weight excluding hydrogens is 350 g/mol. The Morgan fingerprint density at radius 2 is 1.71 bits per heavy atom. The number of fused-ring (bicyclic) bond motifs is 1. The molecule has 4 rings (SSSR count).